The molecule has 2 N–H and O–H groups in total. The third-order valence-corrected chi connectivity index (χ3v) is 4.08. The molecule has 1 aromatic carbocycles. The Morgan fingerprint density at radius 1 is 1.20 bits per heavy atom. The molecule has 0 unspecified atom stereocenters. The van der Waals surface area contributed by atoms with Crippen LogP contribution in [0.2, 0.25) is 0 Å². The molecule has 1 atom stereocenters. The van der Waals surface area contributed by atoms with Crippen molar-refractivity contribution in [2.24, 2.45) is 5.73 Å². The first-order valence-electron chi connectivity index (χ1n) is 7.46. The summed E-state index contributed by atoms with van der Waals surface area (Å²) in [6.45, 7) is 0. The highest BCUT2D eigenvalue weighted by Gasteiger charge is 2.23. The quantitative estimate of drug-likeness (QED) is 0.905. The molecule has 0 aliphatic heterocycles. The van der Waals surface area contributed by atoms with Gasteiger partial charge in [-0.3, -0.25) is 0 Å². The van der Waals surface area contributed by atoms with Crippen molar-refractivity contribution in [1.82, 2.24) is 10.1 Å². The lowest BCUT2D eigenvalue weighted by atomic mass is 10.1. The second-order valence-corrected chi connectivity index (χ2v) is 5.60. The Kier molecular flexibility index (Phi) is 4.11. The molecule has 1 heterocycles. The zero-order valence-corrected chi connectivity index (χ0v) is 11.7. The number of nitrogens with two attached hydrogens (primary N) is 1. The van der Waals surface area contributed by atoms with E-state index in [-0.39, 0.29) is 6.04 Å². The molecule has 1 saturated carbocycles. The van der Waals surface area contributed by atoms with Gasteiger partial charge in [0, 0.05) is 5.92 Å². The van der Waals surface area contributed by atoms with Gasteiger partial charge < -0.3 is 10.3 Å². The van der Waals surface area contributed by atoms with E-state index in [9.17, 15) is 0 Å². The van der Waals surface area contributed by atoms with E-state index in [1.165, 1.54) is 31.2 Å². The summed E-state index contributed by atoms with van der Waals surface area (Å²) in [4.78, 5) is 4.50. The van der Waals surface area contributed by atoms with Crippen LogP contribution in [0.15, 0.2) is 34.9 Å². The molecule has 0 amide bonds. The molecule has 106 valence electrons. The Labute approximate surface area is 119 Å². The lowest BCUT2D eigenvalue weighted by molar-refractivity contribution is 0.343. The van der Waals surface area contributed by atoms with Crippen molar-refractivity contribution in [3.05, 3.63) is 47.6 Å². The zero-order valence-electron chi connectivity index (χ0n) is 11.7. The van der Waals surface area contributed by atoms with E-state index in [1.54, 1.807) is 0 Å². The minimum absolute atomic E-state index is 0.169. The first-order valence-corrected chi connectivity index (χ1v) is 7.46. The molecule has 1 fully saturated rings. The topological polar surface area (TPSA) is 64.9 Å². The first-order chi connectivity index (χ1) is 9.83. The molecule has 1 aromatic heterocycles. The van der Waals surface area contributed by atoms with Gasteiger partial charge in [-0.1, -0.05) is 48.3 Å². The third-order valence-electron chi connectivity index (χ3n) is 4.08. The Morgan fingerprint density at radius 3 is 2.70 bits per heavy atom. The van der Waals surface area contributed by atoms with Gasteiger partial charge in [0.05, 0.1) is 6.04 Å². The molecule has 1 aliphatic carbocycles. The second-order valence-electron chi connectivity index (χ2n) is 5.60. The van der Waals surface area contributed by atoms with Gasteiger partial charge in [-0.2, -0.15) is 4.98 Å². The van der Waals surface area contributed by atoms with Crippen molar-refractivity contribution in [2.75, 3.05) is 0 Å². The van der Waals surface area contributed by atoms with Gasteiger partial charge in [-0.05, 0) is 31.2 Å². The predicted octanol–water partition coefficient (Wildman–Crippen LogP) is 3.36. The summed E-state index contributed by atoms with van der Waals surface area (Å²) in [5.74, 6) is 1.92. The molecule has 0 radical (unpaired) electrons. The Morgan fingerprint density at radius 2 is 1.95 bits per heavy atom. The largest absolute Gasteiger partial charge is 0.338 e. The average Bonchev–Trinajstić information content (AvgIpc) is 3.16. The Bertz CT molecular complexity index is 532. The molecule has 2 aromatic rings. The summed E-state index contributed by atoms with van der Waals surface area (Å²) >= 11 is 0. The molecule has 20 heavy (non-hydrogen) atoms. The molecule has 0 spiro atoms. The van der Waals surface area contributed by atoms with Crippen molar-refractivity contribution in [3.63, 3.8) is 0 Å². The minimum atomic E-state index is -0.169. The highest BCUT2D eigenvalue weighted by atomic mass is 16.5. The summed E-state index contributed by atoms with van der Waals surface area (Å²) in [7, 11) is 0. The molecule has 0 bridgehead atoms. The maximum Gasteiger partial charge on any atom is 0.243 e. The fraction of sp³-hybridized carbons (Fsp3) is 0.500. The molecular formula is C16H21N3O. The normalized spacial score (nSPS) is 17.4. The van der Waals surface area contributed by atoms with Crippen LogP contribution >= 0.6 is 0 Å². The highest BCUT2D eigenvalue weighted by Crippen LogP contribution is 2.32. The van der Waals surface area contributed by atoms with Crippen LogP contribution in [0.4, 0.5) is 0 Å². The summed E-state index contributed by atoms with van der Waals surface area (Å²) in [6, 6.07) is 10.2. The number of benzene rings is 1. The van der Waals surface area contributed by atoms with Crippen LogP contribution in [0.25, 0.3) is 0 Å². The summed E-state index contributed by atoms with van der Waals surface area (Å²) in [5, 5.41) is 4.11. The fourth-order valence-electron chi connectivity index (χ4n) is 2.84. The third kappa shape index (κ3) is 3.07. The van der Waals surface area contributed by atoms with Crippen molar-refractivity contribution in [2.45, 2.75) is 50.5 Å². The van der Waals surface area contributed by atoms with Crippen molar-refractivity contribution < 1.29 is 4.52 Å². The fourth-order valence-corrected chi connectivity index (χ4v) is 2.84. The van der Waals surface area contributed by atoms with E-state index < -0.39 is 0 Å². The zero-order chi connectivity index (χ0) is 13.8. The van der Waals surface area contributed by atoms with Crippen molar-refractivity contribution in [1.29, 1.82) is 0 Å². The minimum Gasteiger partial charge on any atom is -0.338 e. The molecule has 1 aliphatic rings. The number of rotatable bonds is 5. The Hall–Kier alpha value is -1.68. The Balaban J connectivity index is 1.58. The van der Waals surface area contributed by atoms with E-state index in [2.05, 4.69) is 22.3 Å². The van der Waals surface area contributed by atoms with Gasteiger partial charge in [0.1, 0.15) is 0 Å². The van der Waals surface area contributed by atoms with E-state index in [0.717, 1.165) is 18.7 Å². The highest BCUT2D eigenvalue weighted by molar-refractivity contribution is 5.15. The second kappa shape index (κ2) is 6.18. The smallest absolute Gasteiger partial charge is 0.243 e. The molecule has 3 rings (SSSR count). The van der Waals surface area contributed by atoms with Crippen LogP contribution in [0, 0.1) is 0 Å². The molecule has 4 heteroatoms. The van der Waals surface area contributed by atoms with Crippen LogP contribution < -0.4 is 5.73 Å². The van der Waals surface area contributed by atoms with Gasteiger partial charge in [0.25, 0.3) is 0 Å². The average molecular weight is 271 g/mol. The van der Waals surface area contributed by atoms with E-state index >= 15 is 0 Å². The summed E-state index contributed by atoms with van der Waals surface area (Å²) in [5.41, 5.74) is 7.45. The van der Waals surface area contributed by atoms with Crippen LogP contribution in [0.3, 0.4) is 0 Å². The maximum absolute atomic E-state index is 6.16. The van der Waals surface area contributed by atoms with Crippen molar-refractivity contribution in [3.8, 4) is 0 Å². The van der Waals surface area contributed by atoms with Gasteiger partial charge in [0.15, 0.2) is 5.82 Å². The van der Waals surface area contributed by atoms with Crippen LogP contribution in [0.1, 0.15) is 61.3 Å². The van der Waals surface area contributed by atoms with E-state index in [0.29, 0.717) is 11.8 Å². The lowest BCUT2D eigenvalue weighted by Crippen LogP contribution is -2.12. The lowest BCUT2D eigenvalue weighted by Gasteiger charge is -2.06. The van der Waals surface area contributed by atoms with Crippen LogP contribution in [-0.2, 0) is 6.42 Å². The van der Waals surface area contributed by atoms with E-state index in [1.807, 2.05) is 18.2 Å². The van der Waals surface area contributed by atoms with E-state index in [4.69, 9.17) is 10.3 Å². The van der Waals surface area contributed by atoms with Crippen molar-refractivity contribution >= 4 is 0 Å². The monoisotopic (exact) mass is 271 g/mol. The number of hydrogen-bond acceptors (Lipinski definition) is 4. The molecule has 0 saturated heterocycles. The van der Waals surface area contributed by atoms with Gasteiger partial charge in [0.2, 0.25) is 5.89 Å². The summed E-state index contributed by atoms with van der Waals surface area (Å²) in [6.07, 6.45) is 6.67. The number of aromatic nitrogens is 2. The first kappa shape index (κ1) is 13.3. The number of hydrogen-bond donors (Lipinski definition) is 1. The molecule has 4 nitrogen and oxygen atoms in total. The SMILES string of the molecule is N[C@@H](CCc1ccccc1)c1nc(C2CCCC2)no1. The number of nitrogens with zero attached hydrogens (tertiary/aromatic N) is 2. The van der Waals surface area contributed by atoms with Crippen LogP contribution in [-0.4, -0.2) is 10.1 Å². The summed E-state index contributed by atoms with van der Waals surface area (Å²) < 4.78 is 5.34. The van der Waals surface area contributed by atoms with Gasteiger partial charge in [-0.25, -0.2) is 0 Å². The van der Waals surface area contributed by atoms with Gasteiger partial charge in [-0.15, -0.1) is 0 Å². The van der Waals surface area contributed by atoms with Gasteiger partial charge >= 0.3 is 0 Å². The standard InChI is InChI=1S/C16H21N3O/c17-14(11-10-12-6-2-1-3-7-12)16-18-15(19-20-16)13-8-4-5-9-13/h1-3,6-7,13-14H,4-5,8-11,17H2/t14-/m0/s1. The van der Waals surface area contributed by atoms with Crippen LogP contribution in [0.5, 0.6) is 0 Å². The number of aryl methyl sites for hydroxylation is 1. The molecular weight excluding hydrogens is 250 g/mol. The maximum atomic E-state index is 6.16. The predicted molar refractivity (Wildman–Crippen MR) is 77.2 cm³/mol.